The number of nitrogens with zero attached hydrogens (tertiary/aromatic N) is 4. The van der Waals surface area contributed by atoms with Gasteiger partial charge in [-0.15, -0.1) is 10.2 Å². The smallest absolute Gasteiger partial charge is 0.223 e. The molecule has 0 fully saturated rings. The molecule has 1 aliphatic heterocycles. The molecule has 6 nitrogen and oxygen atoms in total. The maximum absolute atomic E-state index is 14.1. The normalized spacial score (nSPS) is 13.9. The SMILES string of the molecule is CC(=O)N1CCc2cc(C(=O)C(C)Sc3nnc(-c4ccccc4F)n3C)ccc21. The summed E-state index contributed by atoms with van der Waals surface area (Å²) in [6.45, 7) is 4.01. The summed E-state index contributed by atoms with van der Waals surface area (Å²) >= 11 is 1.29. The van der Waals surface area contributed by atoms with Crippen LogP contribution in [0.5, 0.6) is 0 Å². The number of Topliss-reactive ketones (excluding diaryl/α,β-unsaturated/α-hetero) is 1. The lowest BCUT2D eigenvalue weighted by molar-refractivity contribution is -0.116. The predicted octanol–water partition coefficient (Wildman–Crippen LogP) is 3.89. The summed E-state index contributed by atoms with van der Waals surface area (Å²) in [4.78, 5) is 26.4. The molecule has 4 rings (SSSR count). The molecule has 2 aromatic carbocycles. The minimum atomic E-state index is -0.398. The van der Waals surface area contributed by atoms with Crippen LogP contribution in [0.25, 0.3) is 11.4 Å². The van der Waals surface area contributed by atoms with E-state index in [-0.39, 0.29) is 17.5 Å². The summed E-state index contributed by atoms with van der Waals surface area (Å²) in [6, 6.07) is 11.9. The van der Waals surface area contributed by atoms with Crippen molar-refractivity contribution < 1.29 is 14.0 Å². The topological polar surface area (TPSA) is 68.1 Å². The Kier molecular flexibility index (Phi) is 5.42. The van der Waals surface area contributed by atoms with E-state index in [4.69, 9.17) is 0 Å². The van der Waals surface area contributed by atoms with Crippen molar-refractivity contribution in [2.45, 2.75) is 30.7 Å². The summed E-state index contributed by atoms with van der Waals surface area (Å²) in [5.41, 5.74) is 2.86. The quantitative estimate of drug-likeness (QED) is 0.459. The Morgan fingerprint density at radius 1 is 1.17 bits per heavy atom. The monoisotopic (exact) mass is 424 g/mol. The summed E-state index contributed by atoms with van der Waals surface area (Å²) in [5, 5.41) is 8.40. The van der Waals surface area contributed by atoms with Gasteiger partial charge in [0.2, 0.25) is 5.91 Å². The molecule has 1 amide bonds. The number of benzene rings is 2. The first-order valence-corrected chi connectivity index (χ1v) is 10.5. The van der Waals surface area contributed by atoms with Crippen LogP contribution in [0.3, 0.4) is 0 Å². The van der Waals surface area contributed by atoms with Gasteiger partial charge in [0.05, 0.1) is 10.8 Å². The van der Waals surface area contributed by atoms with E-state index < -0.39 is 5.25 Å². The molecular weight excluding hydrogens is 403 g/mol. The number of halogens is 1. The van der Waals surface area contributed by atoms with Crippen LogP contribution in [0.2, 0.25) is 0 Å². The van der Waals surface area contributed by atoms with E-state index in [1.54, 1.807) is 47.7 Å². The summed E-state index contributed by atoms with van der Waals surface area (Å²) in [7, 11) is 1.76. The Hall–Kier alpha value is -3.00. The number of anilines is 1. The van der Waals surface area contributed by atoms with Crippen molar-refractivity contribution in [1.29, 1.82) is 0 Å². The van der Waals surface area contributed by atoms with Crippen LogP contribution in [0.4, 0.5) is 10.1 Å². The Bertz CT molecular complexity index is 1140. The predicted molar refractivity (Wildman–Crippen MR) is 114 cm³/mol. The fourth-order valence-corrected chi connectivity index (χ4v) is 4.51. The van der Waals surface area contributed by atoms with Crippen molar-refractivity contribution >= 4 is 29.1 Å². The van der Waals surface area contributed by atoms with E-state index in [1.165, 1.54) is 17.8 Å². The first-order chi connectivity index (χ1) is 14.4. The van der Waals surface area contributed by atoms with Crippen LogP contribution >= 0.6 is 11.8 Å². The Morgan fingerprint density at radius 3 is 2.67 bits per heavy atom. The van der Waals surface area contributed by atoms with Gasteiger partial charge in [-0.1, -0.05) is 23.9 Å². The van der Waals surface area contributed by atoms with Crippen LogP contribution in [-0.4, -0.2) is 38.2 Å². The first kappa shape index (κ1) is 20.3. The third-order valence-corrected chi connectivity index (χ3v) is 6.37. The van der Waals surface area contributed by atoms with Crippen molar-refractivity contribution in [2.24, 2.45) is 7.05 Å². The maximum atomic E-state index is 14.1. The molecule has 0 bridgehead atoms. The average Bonchev–Trinajstić information content (AvgIpc) is 3.31. The third-order valence-electron chi connectivity index (χ3n) is 5.24. The number of fused-ring (bicyclic) bond motifs is 1. The Labute approximate surface area is 178 Å². The van der Waals surface area contributed by atoms with Crippen LogP contribution in [0.1, 0.15) is 29.8 Å². The van der Waals surface area contributed by atoms with Gasteiger partial charge < -0.3 is 9.47 Å². The molecule has 1 atom stereocenters. The van der Waals surface area contributed by atoms with Gasteiger partial charge in [-0.2, -0.15) is 0 Å². The fourth-order valence-electron chi connectivity index (χ4n) is 3.62. The molecule has 0 radical (unpaired) electrons. The molecule has 0 saturated heterocycles. The largest absolute Gasteiger partial charge is 0.312 e. The zero-order valence-corrected chi connectivity index (χ0v) is 17.7. The zero-order chi connectivity index (χ0) is 21.4. The Balaban J connectivity index is 1.53. The number of hydrogen-bond acceptors (Lipinski definition) is 5. The molecule has 154 valence electrons. The number of hydrogen-bond donors (Lipinski definition) is 0. The van der Waals surface area contributed by atoms with E-state index in [0.717, 1.165) is 17.7 Å². The van der Waals surface area contributed by atoms with E-state index >= 15 is 0 Å². The standard InChI is InChI=1S/C22H21FN4O2S/c1-13(20(29)16-8-9-19-15(12-16)10-11-27(19)14(2)28)30-22-25-24-21(26(22)3)17-6-4-5-7-18(17)23/h4-9,12-13H,10-11H2,1-3H3. The zero-order valence-electron chi connectivity index (χ0n) is 16.9. The lowest BCUT2D eigenvalue weighted by Crippen LogP contribution is -2.25. The van der Waals surface area contributed by atoms with Gasteiger partial charge in [0.25, 0.3) is 0 Å². The van der Waals surface area contributed by atoms with Crippen LogP contribution in [0.15, 0.2) is 47.6 Å². The van der Waals surface area contributed by atoms with Gasteiger partial charge in [0.15, 0.2) is 16.8 Å². The molecule has 3 aromatic rings. The fraction of sp³-hybridized carbons (Fsp3) is 0.273. The summed E-state index contributed by atoms with van der Waals surface area (Å²) in [5.74, 6) is 0.0210. The highest BCUT2D eigenvalue weighted by molar-refractivity contribution is 8.00. The maximum Gasteiger partial charge on any atom is 0.223 e. The highest BCUT2D eigenvalue weighted by Crippen LogP contribution is 2.32. The van der Waals surface area contributed by atoms with Crippen molar-refractivity contribution in [3.8, 4) is 11.4 Å². The number of carbonyl (C=O) groups is 2. The van der Waals surface area contributed by atoms with Gasteiger partial charge in [0.1, 0.15) is 5.82 Å². The van der Waals surface area contributed by atoms with Gasteiger partial charge in [-0.3, -0.25) is 9.59 Å². The van der Waals surface area contributed by atoms with E-state index in [9.17, 15) is 14.0 Å². The Morgan fingerprint density at radius 2 is 1.93 bits per heavy atom. The molecule has 8 heteroatoms. The lowest BCUT2D eigenvalue weighted by atomic mass is 10.0. The molecule has 2 heterocycles. The second-order valence-electron chi connectivity index (χ2n) is 7.23. The molecule has 0 N–H and O–H groups in total. The third kappa shape index (κ3) is 3.63. The minimum absolute atomic E-state index is 0.00434. The van der Waals surface area contributed by atoms with Crippen molar-refractivity contribution in [3.63, 3.8) is 0 Å². The van der Waals surface area contributed by atoms with E-state index in [1.807, 2.05) is 19.1 Å². The number of ketones is 1. The van der Waals surface area contributed by atoms with Crippen LogP contribution < -0.4 is 4.90 Å². The number of carbonyl (C=O) groups excluding carboxylic acids is 2. The number of rotatable bonds is 5. The van der Waals surface area contributed by atoms with Gasteiger partial charge in [0, 0.05) is 31.8 Å². The molecular formula is C22H21FN4O2S. The van der Waals surface area contributed by atoms with Crippen LogP contribution in [-0.2, 0) is 18.3 Å². The minimum Gasteiger partial charge on any atom is -0.312 e. The number of amides is 1. The number of thioether (sulfide) groups is 1. The molecule has 0 aliphatic carbocycles. The highest BCUT2D eigenvalue weighted by atomic mass is 32.2. The van der Waals surface area contributed by atoms with E-state index in [2.05, 4.69) is 10.2 Å². The second-order valence-corrected chi connectivity index (χ2v) is 8.54. The highest BCUT2D eigenvalue weighted by Gasteiger charge is 2.25. The first-order valence-electron chi connectivity index (χ1n) is 9.63. The summed E-state index contributed by atoms with van der Waals surface area (Å²) in [6.07, 6.45) is 0.743. The van der Waals surface area contributed by atoms with Crippen molar-refractivity contribution in [1.82, 2.24) is 14.8 Å². The van der Waals surface area contributed by atoms with Crippen molar-refractivity contribution in [2.75, 3.05) is 11.4 Å². The van der Waals surface area contributed by atoms with Crippen LogP contribution in [0, 0.1) is 5.82 Å². The van der Waals surface area contributed by atoms with Crippen molar-refractivity contribution in [3.05, 3.63) is 59.4 Å². The van der Waals surface area contributed by atoms with E-state index in [0.29, 0.717) is 28.7 Å². The molecule has 1 aliphatic rings. The molecule has 30 heavy (non-hydrogen) atoms. The molecule has 0 spiro atoms. The van der Waals surface area contributed by atoms with Gasteiger partial charge in [-0.25, -0.2) is 4.39 Å². The average molecular weight is 425 g/mol. The van der Waals surface area contributed by atoms with Gasteiger partial charge >= 0.3 is 0 Å². The lowest BCUT2D eigenvalue weighted by Gasteiger charge is -2.15. The molecule has 0 saturated carbocycles. The summed E-state index contributed by atoms with van der Waals surface area (Å²) < 4.78 is 15.8. The molecule has 1 unspecified atom stereocenters. The molecule has 1 aromatic heterocycles. The number of aromatic nitrogens is 3. The van der Waals surface area contributed by atoms with Gasteiger partial charge in [-0.05, 0) is 49.2 Å². The second kappa shape index (κ2) is 8.02.